The van der Waals surface area contributed by atoms with E-state index in [0.717, 1.165) is 32.4 Å². The highest BCUT2D eigenvalue weighted by Crippen LogP contribution is 2.32. The van der Waals surface area contributed by atoms with Crippen LogP contribution < -0.4 is 10.8 Å². The van der Waals surface area contributed by atoms with Gasteiger partial charge in [0.1, 0.15) is 0 Å². The minimum Gasteiger partial charge on any atom is -0.317 e. The Morgan fingerprint density at radius 1 is 1.43 bits per heavy atom. The maximum absolute atomic E-state index is 11.3. The summed E-state index contributed by atoms with van der Waals surface area (Å²) in [6.45, 7) is 7.71. The van der Waals surface area contributed by atoms with Crippen LogP contribution in [0.15, 0.2) is 0 Å². The van der Waals surface area contributed by atoms with Gasteiger partial charge in [0.15, 0.2) is 0 Å². The summed E-state index contributed by atoms with van der Waals surface area (Å²) in [7, 11) is 0. The molecule has 4 nitrogen and oxygen atoms in total. The summed E-state index contributed by atoms with van der Waals surface area (Å²) in [6.07, 6.45) is 2.42. The van der Waals surface area contributed by atoms with Crippen molar-refractivity contribution in [3.05, 3.63) is 0 Å². The third kappa shape index (κ3) is 2.96. The van der Waals surface area contributed by atoms with Crippen molar-refractivity contribution in [1.82, 2.24) is 10.8 Å². The fourth-order valence-corrected chi connectivity index (χ4v) is 1.77. The normalized spacial score (nSPS) is 19.1. The molecule has 0 aromatic heterocycles. The highest BCUT2D eigenvalue weighted by atomic mass is 16.5. The Bertz CT molecular complexity index is 166. The van der Waals surface area contributed by atoms with Gasteiger partial charge >= 0.3 is 0 Å². The molecule has 1 saturated heterocycles. The Labute approximate surface area is 86.0 Å². The van der Waals surface area contributed by atoms with Gasteiger partial charge in [-0.3, -0.25) is 10.0 Å². The van der Waals surface area contributed by atoms with Gasteiger partial charge in [-0.25, -0.2) is 5.48 Å². The van der Waals surface area contributed by atoms with Gasteiger partial charge in [-0.2, -0.15) is 0 Å². The molecule has 3 N–H and O–H groups in total. The second-order valence-electron chi connectivity index (χ2n) is 3.32. The summed E-state index contributed by atoms with van der Waals surface area (Å²) in [5.41, 5.74) is 1.43. The predicted octanol–water partition coefficient (Wildman–Crippen LogP) is 1.30. The van der Waals surface area contributed by atoms with Gasteiger partial charge in [-0.1, -0.05) is 20.8 Å². The standard InChI is InChI=1S/C8H16N2O2.C2H6/c1-2-8(7(11)10-12)3-5-9-6-4-8;1-2/h9,12H,2-6H2,1H3,(H,10,11);1-2H3. The lowest BCUT2D eigenvalue weighted by molar-refractivity contribution is -0.141. The van der Waals surface area contributed by atoms with Gasteiger partial charge in [0.2, 0.25) is 5.91 Å². The van der Waals surface area contributed by atoms with Crippen LogP contribution in [0, 0.1) is 5.41 Å². The Morgan fingerprint density at radius 2 is 1.93 bits per heavy atom. The van der Waals surface area contributed by atoms with E-state index in [9.17, 15) is 4.79 Å². The molecule has 1 amide bonds. The minimum atomic E-state index is -0.333. The van der Waals surface area contributed by atoms with E-state index in [2.05, 4.69) is 5.32 Å². The van der Waals surface area contributed by atoms with E-state index >= 15 is 0 Å². The van der Waals surface area contributed by atoms with E-state index in [-0.39, 0.29) is 11.3 Å². The number of amides is 1. The molecule has 1 fully saturated rings. The number of carbonyl (C=O) groups excluding carboxylic acids is 1. The number of hydroxylamine groups is 1. The van der Waals surface area contributed by atoms with Gasteiger partial charge in [0, 0.05) is 0 Å². The minimum absolute atomic E-state index is 0.230. The first-order valence-corrected chi connectivity index (χ1v) is 5.40. The number of hydrogen-bond donors (Lipinski definition) is 3. The zero-order chi connectivity index (χ0) is 11.0. The summed E-state index contributed by atoms with van der Waals surface area (Å²) >= 11 is 0. The lowest BCUT2D eigenvalue weighted by Crippen LogP contribution is -2.46. The van der Waals surface area contributed by atoms with Crippen LogP contribution in [-0.4, -0.2) is 24.2 Å². The molecule has 0 aromatic carbocycles. The zero-order valence-corrected chi connectivity index (χ0v) is 9.39. The predicted molar refractivity (Wildman–Crippen MR) is 56.1 cm³/mol. The molecular formula is C10H22N2O2. The van der Waals surface area contributed by atoms with Crippen molar-refractivity contribution in [1.29, 1.82) is 0 Å². The van der Waals surface area contributed by atoms with Crippen LogP contribution in [-0.2, 0) is 4.79 Å². The largest absolute Gasteiger partial charge is 0.317 e. The summed E-state index contributed by atoms with van der Waals surface area (Å²) in [4.78, 5) is 11.3. The lowest BCUT2D eigenvalue weighted by atomic mass is 9.76. The number of rotatable bonds is 2. The molecule has 1 heterocycles. The van der Waals surface area contributed by atoms with Crippen LogP contribution in [0.1, 0.15) is 40.0 Å². The SMILES string of the molecule is CC.CCC1(C(=O)NO)CCNCC1. The molecular weight excluding hydrogens is 180 g/mol. The second-order valence-corrected chi connectivity index (χ2v) is 3.32. The highest BCUT2D eigenvalue weighted by Gasteiger charge is 2.37. The summed E-state index contributed by atoms with van der Waals surface area (Å²) < 4.78 is 0. The first-order chi connectivity index (χ1) is 6.75. The van der Waals surface area contributed by atoms with Crippen molar-refractivity contribution in [3.63, 3.8) is 0 Å². The molecule has 1 rings (SSSR count). The van der Waals surface area contributed by atoms with Gasteiger partial charge in [-0.15, -0.1) is 0 Å². The molecule has 0 saturated carbocycles. The molecule has 0 unspecified atom stereocenters. The van der Waals surface area contributed by atoms with Crippen LogP contribution in [0.4, 0.5) is 0 Å². The molecule has 1 aliphatic heterocycles. The topological polar surface area (TPSA) is 61.4 Å². The molecule has 0 aliphatic carbocycles. The molecule has 4 heteroatoms. The summed E-state index contributed by atoms with van der Waals surface area (Å²) in [5.74, 6) is -0.230. The Balaban J connectivity index is 0.000000791. The average molecular weight is 202 g/mol. The lowest BCUT2D eigenvalue weighted by Gasteiger charge is -2.34. The smallest absolute Gasteiger partial charge is 0.249 e. The third-order valence-corrected chi connectivity index (χ3v) is 2.82. The molecule has 1 aliphatic rings. The van der Waals surface area contributed by atoms with E-state index in [1.807, 2.05) is 20.8 Å². The second kappa shape index (κ2) is 6.79. The van der Waals surface area contributed by atoms with E-state index < -0.39 is 0 Å². The highest BCUT2D eigenvalue weighted by molar-refractivity contribution is 5.81. The van der Waals surface area contributed by atoms with Crippen molar-refractivity contribution in [2.75, 3.05) is 13.1 Å². The van der Waals surface area contributed by atoms with E-state index in [1.165, 1.54) is 0 Å². The van der Waals surface area contributed by atoms with Crippen molar-refractivity contribution in [2.45, 2.75) is 40.0 Å². The van der Waals surface area contributed by atoms with Crippen LogP contribution in [0.5, 0.6) is 0 Å². The Kier molecular flexibility index (Phi) is 6.49. The average Bonchev–Trinajstić information content (AvgIpc) is 2.31. The molecule has 0 atom stereocenters. The van der Waals surface area contributed by atoms with Crippen molar-refractivity contribution in [2.24, 2.45) is 5.41 Å². The molecule has 14 heavy (non-hydrogen) atoms. The quantitative estimate of drug-likeness (QED) is 0.467. The number of carbonyl (C=O) groups is 1. The number of nitrogens with one attached hydrogen (secondary N) is 2. The van der Waals surface area contributed by atoms with Gasteiger partial charge in [-0.05, 0) is 32.4 Å². The molecule has 0 bridgehead atoms. The number of hydrogen-bond acceptors (Lipinski definition) is 3. The molecule has 0 radical (unpaired) electrons. The van der Waals surface area contributed by atoms with Gasteiger partial charge in [0.05, 0.1) is 5.41 Å². The Hall–Kier alpha value is -0.610. The van der Waals surface area contributed by atoms with Crippen molar-refractivity contribution >= 4 is 5.91 Å². The fourth-order valence-electron chi connectivity index (χ4n) is 1.77. The van der Waals surface area contributed by atoms with Crippen LogP contribution >= 0.6 is 0 Å². The molecule has 84 valence electrons. The van der Waals surface area contributed by atoms with Gasteiger partial charge in [0.25, 0.3) is 0 Å². The van der Waals surface area contributed by atoms with Crippen molar-refractivity contribution in [3.8, 4) is 0 Å². The van der Waals surface area contributed by atoms with Gasteiger partial charge < -0.3 is 5.32 Å². The maximum atomic E-state index is 11.3. The maximum Gasteiger partial charge on any atom is 0.249 e. The zero-order valence-electron chi connectivity index (χ0n) is 9.39. The Morgan fingerprint density at radius 3 is 2.29 bits per heavy atom. The first kappa shape index (κ1) is 13.4. The van der Waals surface area contributed by atoms with E-state index in [4.69, 9.17) is 5.21 Å². The molecule has 0 spiro atoms. The number of piperidine rings is 1. The van der Waals surface area contributed by atoms with Crippen LogP contribution in [0.2, 0.25) is 0 Å². The van der Waals surface area contributed by atoms with E-state index in [1.54, 1.807) is 5.48 Å². The van der Waals surface area contributed by atoms with E-state index in [0.29, 0.717) is 0 Å². The third-order valence-electron chi connectivity index (χ3n) is 2.82. The molecule has 0 aromatic rings. The summed E-state index contributed by atoms with van der Waals surface area (Å²) in [6, 6.07) is 0. The first-order valence-electron chi connectivity index (χ1n) is 5.40. The van der Waals surface area contributed by atoms with Crippen molar-refractivity contribution < 1.29 is 10.0 Å². The fraction of sp³-hybridized carbons (Fsp3) is 0.900. The van der Waals surface area contributed by atoms with Crippen LogP contribution in [0.3, 0.4) is 0 Å². The monoisotopic (exact) mass is 202 g/mol. The summed E-state index contributed by atoms with van der Waals surface area (Å²) in [5, 5.41) is 11.8. The van der Waals surface area contributed by atoms with Crippen LogP contribution in [0.25, 0.3) is 0 Å².